The van der Waals surface area contributed by atoms with E-state index in [-0.39, 0.29) is 22.1 Å². The number of fused-ring (bicyclic) bond motifs is 1. The summed E-state index contributed by atoms with van der Waals surface area (Å²) in [7, 11) is 0. The van der Waals surface area contributed by atoms with Gasteiger partial charge in [-0.2, -0.15) is 0 Å². The molecule has 2 heterocycles. The number of nitrogen functional groups attached to an aromatic ring is 1. The molecule has 30 heavy (non-hydrogen) atoms. The Morgan fingerprint density at radius 2 is 1.83 bits per heavy atom. The molecule has 0 spiro atoms. The van der Waals surface area contributed by atoms with E-state index in [0.717, 1.165) is 22.9 Å². The van der Waals surface area contributed by atoms with Gasteiger partial charge >= 0.3 is 5.97 Å². The number of halogens is 4. The first-order valence-electron chi connectivity index (χ1n) is 8.66. The first-order valence-corrected chi connectivity index (χ1v) is 9.04. The van der Waals surface area contributed by atoms with Gasteiger partial charge in [-0.1, -0.05) is 11.6 Å². The second-order valence-corrected chi connectivity index (χ2v) is 7.36. The molecule has 7 nitrogen and oxygen atoms in total. The molecule has 4 rings (SSSR count). The van der Waals surface area contributed by atoms with Crippen LogP contribution < -0.4 is 21.8 Å². The molecule has 1 fully saturated rings. The van der Waals surface area contributed by atoms with E-state index in [1.807, 2.05) is 0 Å². The number of rotatable bonds is 3. The second-order valence-electron chi connectivity index (χ2n) is 6.95. The zero-order valence-electron chi connectivity index (χ0n) is 15.1. The number of aromatic nitrogens is 1. The predicted octanol–water partition coefficient (Wildman–Crippen LogP) is 2.49. The summed E-state index contributed by atoms with van der Waals surface area (Å²) in [6.45, 7) is 0.606. The van der Waals surface area contributed by atoms with Gasteiger partial charge in [0.1, 0.15) is 17.2 Å². The van der Waals surface area contributed by atoms with Crippen molar-refractivity contribution in [3.63, 3.8) is 0 Å². The number of anilines is 2. The van der Waals surface area contributed by atoms with Crippen LogP contribution in [0.5, 0.6) is 0 Å². The minimum Gasteiger partial charge on any atom is -0.477 e. The number of carbonyl (C=O) groups is 1. The van der Waals surface area contributed by atoms with Gasteiger partial charge in [0.15, 0.2) is 5.82 Å². The number of nitrogens with zero attached hydrogens (tertiary/aromatic N) is 2. The number of nitrogens with two attached hydrogens (primary N) is 2. The monoisotopic (exact) mass is 438 g/mol. The maximum Gasteiger partial charge on any atom is 0.341 e. The normalized spacial score (nSPS) is 14.2. The fourth-order valence-electron chi connectivity index (χ4n) is 3.47. The lowest BCUT2D eigenvalue weighted by molar-refractivity contribution is 0.0695. The topological polar surface area (TPSA) is 115 Å². The number of hydrogen-bond donors (Lipinski definition) is 3. The SMILES string of the molecule is Nc1cc(-n2cc(C(=O)O)c(=O)c3cc(Cl)c(N4CC(N)C4)c(F)c32)c(F)cc1F. The number of carboxylic acid groups (broad SMARTS) is 1. The van der Waals surface area contributed by atoms with Crippen LogP contribution in [0.4, 0.5) is 24.5 Å². The van der Waals surface area contributed by atoms with Crippen molar-refractivity contribution >= 4 is 39.8 Å². The molecule has 1 aliphatic heterocycles. The molecule has 156 valence electrons. The van der Waals surface area contributed by atoms with Crippen molar-refractivity contribution in [2.24, 2.45) is 5.73 Å². The van der Waals surface area contributed by atoms with Gasteiger partial charge in [0.25, 0.3) is 0 Å². The maximum atomic E-state index is 15.6. The van der Waals surface area contributed by atoms with Gasteiger partial charge in [0.05, 0.1) is 33.0 Å². The van der Waals surface area contributed by atoms with Crippen LogP contribution in [0.3, 0.4) is 0 Å². The summed E-state index contributed by atoms with van der Waals surface area (Å²) in [5, 5.41) is 8.87. The minimum atomic E-state index is -1.61. The summed E-state index contributed by atoms with van der Waals surface area (Å²) in [5.74, 6) is -4.76. The van der Waals surface area contributed by atoms with Crippen LogP contribution in [0.2, 0.25) is 5.02 Å². The largest absolute Gasteiger partial charge is 0.477 e. The number of carboxylic acids is 1. The summed E-state index contributed by atoms with van der Waals surface area (Å²) in [6, 6.07) is 2.29. The summed E-state index contributed by atoms with van der Waals surface area (Å²) in [6.07, 6.45) is 0.769. The van der Waals surface area contributed by atoms with Gasteiger partial charge in [-0.3, -0.25) is 4.79 Å². The Labute approximate surface area is 171 Å². The van der Waals surface area contributed by atoms with E-state index in [2.05, 4.69) is 0 Å². The first kappa shape index (κ1) is 20.0. The molecule has 0 aliphatic carbocycles. The summed E-state index contributed by atoms with van der Waals surface area (Å²) >= 11 is 6.18. The van der Waals surface area contributed by atoms with E-state index in [1.54, 1.807) is 0 Å². The maximum absolute atomic E-state index is 15.6. The number of hydrogen-bond acceptors (Lipinski definition) is 5. The van der Waals surface area contributed by atoms with Gasteiger partial charge in [-0.05, 0) is 12.1 Å². The van der Waals surface area contributed by atoms with Crippen LogP contribution in [0.15, 0.2) is 29.2 Å². The Morgan fingerprint density at radius 1 is 1.17 bits per heavy atom. The van der Waals surface area contributed by atoms with Crippen molar-refractivity contribution in [1.29, 1.82) is 0 Å². The Kier molecular flexibility index (Phi) is 4.63. The summed E-state index contributed by atoms with van der Waals surface area (Å²) in [5.41, 5.74) is 8.14. The quantitative estimate of drug-likeness (QED) is 0.541. The summed E-state index contributed by atoms with van der Waals surface area (Å²) in [4.78, 5) is 25.7. The molecule has 3 aromatic rings. The molecule has 0 atom stereocenters. The van der Waals surface area contributed by atoms with Crippen molar-refractivity contribution in [2.75, 3.05) is 23.7 Å². The van der Waals surface area contributed by atoms with Crippen molar-refractivity contribution < 1.29 is 23.1 Å². The van der Waals surface area contributed by atoms with Gasteiger partial charge in [0, 0.05) is 31.4 Å². The average Bonchev–Trinajstić information content (AvgIpc) is 2.64. The molecule has 0 amide bonds. The van der Waals surface area contributed by atoms with Crippen molar-refractivity contribution in [3.05, 3.63) is 62.7 Å². The number of benzene rings is 2. The zero-order valence-corrected chi connectivity index (χ0v) is 15.9. The van der Waals surface area contributed by atoms with E-state index in [9.17, 15) is 23.5 Å². The minimum absolute atomic E-state index is 0.0578. The highest BCUT2D eigenvalue weighted by molar-refractivity contribution is 6.34. The van der Waals surface area contributed by atoms with Gasteiger partial charge in [-0.15, -0.1) is 0 Å². The molecule has 1 aliphatic rings. The van der Waals surface area contributed by atoms with Gasteiger partial charge in [-0.25, -0.2) is 18.0 Å². The van der Waals surface area contributed by atoms with Crippen LogP contribution in [-0.4, -0.2) is 34.8 Å². The molecule has 0 unspecified atom stereocenters. The highest BCUT2D eigenvalue weighted by atomic mass is 35.5. The molecular weight excluding hydrogens is 425 g/mol. The Balaban J connectivity index is 2.14. The van der Waals surface area contributed by atoms with Crippen LogP contribution in [-0.2, 0) is 0 Å². The van der Waals surface area contributed by atoms with E-state index in [1.165, 1.54) is 4.90 Å². The standard InChI is InChI=1S/C19H14ClF3N4O3/c20-10-1-8-16(15(23)17(10)26-4-7(24)5-26)27(6-9(18(8)28)19(29)30)14-3-13(25)11(21)2-12(14)22/h1-3,6-7H,4-5,24-25H2,(H,29,30). The van der Waals surface area contributed by atoms with Crippen LogP contribution in [0.1, 0.15) is 10.4 Å². The van der Waals surface area contributed by atoms with E-state index < -0.39 is 51.3 Å². The number of aromatic carboxylic acids is 1. The van der Waals surface area contributed by atoms with E-state index in [0.29, 0.717) is 19.2 Å². The number of pyridine rings is 1. The molecule has 1 saturated heterocycles. The fourth-order valence-corrected chi connectivity index (χ4v) is 3.78. The van der Waals surface area contributed by atoms with Crippen molar-refractivity contribution in [3.8, 4) is 5.69 Å². The molecule has 0 bridgehead atoms. The van der Waals surface area contributed by atoms with Gasteiger partial charge in [0.2, 0.25) is 5.43 Å². The Bertz CT molecular complexity index is 1290. The lowest BCUT2D eigenvalue weighted by Gasteiger charge is -2.39. The van der Waals surface area contributed by atoms with Gasteiger partial charge < -0.3 is 26.0 Å². The predicted molar refractivity (Wildman–Crippen MR) is 106 cm³/mol. The lowest BCUT2D eigenvalue weighted by Crippen LogP contribution is -2.56. The fraction of sp³-hybridized carbons (Fsp3) is 0.158. The third-order valence-corrected chi connectivity index (χ3v) is 5.23. The van der Waals surface area contributed by atoms with E-state index in [4.69, 9.17) is 23.1 Å². The van der Waals surface area contributed by atoms with Crippen LogP contribution in [0, 0.1) is 17.5 Å². The Hall–Kier alpha value is -3.24. The first-order chi connectivity index (χ1) is 14.1. The smallest absolute Gasteiger partial charge is 0.341 e. The van der Waals surface area contributed by atoms with E-state index >= 15 is 4.39 Å². The Morgan fingerprint density at radius 3 is 2.43 bits per heavy atom. The highest BCUT2D eigenvalue weighted by Gasteiger charge is 2.31. The van der Waals surface area contributed by atoms with Crippen LogP contribution in [0.25, 0.3) is 16.6 Å². The molecule has 2 aromatic carbocycles. The molecule has 1 aromatic heterocycles. The third-order valence-electron chi connectivity index (χ3n) is 4.94. The molecule has 0 radical (unpaired) electrons. The van der Waals surface area contributed by atoms with Crippen molar-refractivity contribution in [1.82, 2.24) is 4.57 Å². The molecule has 11 heteroatoms. The molecule has 5 N–H and O–H groups in total. The zero-order chi connectivity index (χ0) is 21.9. The highest BCUT2D eigenvalue weighted by Crippen LogP contribution is 2.37. The lowest BCUT2D eigenvalue weighted by atomic mass is 10.0. The van der Waals surface area contributed by atoms with Crippen molar-refractivity contribution in [2.45, 2.75) is 6.04 Å². The van der Waals surface area contributed by atoms with Crippen LogP contribution >= 0.6 is 11.6 Å². The summed E-state index contributed by atoms with van der Waals surface area (Å²) < 4.78 is 44.6. The third kappa shape index (κ3) is 2.96. The average molecular weight is 439 g/mol. The molecular formula is C19H14ClF3N4O3. The second kappa shape index (κ2) is 6.92. The molecule has 0 saturated carbocycles.